The Morgan fingerprint density at radius 3 is 2.34 bits per heavy atom. The third kappa shape index (κ3) is 4.62. The number of ketones is 1. The Labute approximate surface area is 166 Å². The Hall–Kier alpha value is -3.20. The number of hydrogen-bond acceptors (Lipinski definition) is 5. The number of rotatable bonds is 6. The summed E-state index contributed by atoms with van der Waals surface area (Å²) in [5.41, 5.74) is -0.163. The second-order valence-corrected chi connectivity index (χ2v) is 6.89. The van der Waals surface area contributed by atoms with Crippen LogP contribution in [-0.2, 0) is 4.79 Å². The molecule has 2 aromatic carbocycles. The van der Waals surface area contributed by atoms with Crippen LogP contribution < -0.4 is 10.1 Å². The predicted octanol–water partition coefficient (Wildman–Crippen LogP) is 5.27. The Kier molecular flexibility index (Phi) is 5.97. The van der Waals surface area contributed by atoms with Gasteiger partial charge in [-0.15, -0.1) is 11.3 Å². The van der Waals surface area contributed by atoms with Crippen molar-refractivity contribution in [2.24, 2.45) is 0 Å². The minimum Gasteiger partial charge on any atom is -0.423 e. The van der Waals surface area contributed by atoms with E-state index in [1.165, 1.54) is 25.1 Å². The summed E-state index contributed by atoms with van der Waals surface area (Å²) in [5, 5.41) is 4.07. The fraction of sp³-hybridized carbons (Fsp3) is 0.100. The molecule has 1 aromatic heterocycles. The lowest BCUT2D eigenvalue weighted by Gasteiger charge is -2.19. The van der Waals surface area contributed by atoms with E-state index in [4.69, 9.17) is 4.74 Å². The number of carbonyl (C=O) groups excluding carboxylic acids is 2. The zero-order valence-corrected chi connectivity index (χ0v) is 15.7. The Balaban J connectivity index is 1.96. The van der Waals surface area contributed by atoms with Crippen LogP contribution in [0.25, 0.3) is 0 Å². The van der Waals surface area contributed by atoms with Crippen LogP contribution in [-0.4, -0.2) is 11.8 Å². The Bertz CT molecular complexity index is 1060. The molecule has 4 nitrogen and oxygen atoms in total. The fourth-order valence-corrected chi connectivity index (χ4v) is 3.29. The number of nitrogens with one attached hydrogen (secondary N) is 1. The molecule has 1 atom stereocenters. The summed E-state index contributed by atoms with van der Waals surface area (Å²) >= 11 is 1.07. The number of thiophene rings is 1. The molecule has 3 aromatic rings. The third-order valence-corrected chi connectivity index (χ3v) is 4.87. The van der Waals surface area contributed by atoms with E-state index in [1.807, 2.05) is 0 Å². The minimum atomic E-state index is -1.66. The SMILES string of the molecule is CC(=O)c1sccc1OC(=O)C(Nc1cc(F)c(F)c(F)c1)c1cccc(F)c1. The van der Waals surface area contributed by atoms with Gasteiger partial charge < -0.3 is 10.1 Å². The van der Waals surface area contributed by atoms with E-state index in [-0.39, 0.29) is 27.7 Å². The first-order valence-electron chi connectivity index (χ1n) is 8.23. The molecule has 0 saturated carbocycles. The topological polar surface area (TPSA) is 55.4 Å². The fourth-order valence-electron chi connectivity index (χ4n) is 2.57. The van der Waals surface area contributed by atoms with Crippen molar-refractivity contribution in [3.63, 3.8) is 0 Å². The molecule has 0 saturated heterocycles. The number of esters is 1. The van der Waals surface area contributed by atoms with Gasteiger partial charge in [-0.05, 0) is 29.1 Å². The van der Waals surface area contributed by atoms with Gasteiger partial charge in [-0.3, -0.25) is 4.79 Å². The van der Waals surface area contributed by atoms with Crippen LogP contribution >= 0.6 is 11.3 Å². The lowest BCUT2D eigenvalue weighted by Crippen LogP contribution is -2.26. The van der Waals surface area contributed by atoms with Gasteiger partial charge in [-0.1, -0.05) is 12.1 Å². The molecule has 29 heavy (non-hydrogen) atoms. The van der Waals surface area contributed by atoms with Crippen molar-refractivity contribution < 1.29 is 31.9 Å². The van der Waals surface area contributed by atoms with Gasteiger partial charge in [-0.25, -0.2) is 22.4 Å². The van der Waals surface area contributed by atoms with Crippen LogP contribution in [0.15, 0.2) is 47.8 Å². The van der Waals surface area contributed by atoms with Crippen molar-refractivity contribution in [3.8, 4) is 5.75 Å². The molecule has 0 bridgehead atoms. The number of anilines is 1. The maximum atomic E-state index is 13.7. The molecule has 0 aliphatic heterocycles. The van der Waals surface area contributed by atoms with Gasteiger partial charge in [0.15, 0.2) is 35.0 Å². The van der Waals surface area contributed by atoms with Crippen molar-refractivity contribution >= 4 is 28.8 Å². The van der Waals surface area contributed by atoms with Gasteiger partial charge in [0.05, 0.1) is 0 Å². The summed E-state index contributed by atoms with van der Waals surface area (Å²) in [6.07, 6.45) is 0. The van der Waals surface area contributed by atoms with E-state index >= 15 is 0 Å². The molecule has 1 N–H and O–H groups in total. The highest BCUT2D eigenvalue weighted by molar-refractivity contribution is 7.12. The van der Waals surface area contributed by atoms with Gasteiger partial charge >= 0.3 is 5.97 Å². The van der Waals surface area contributed by atoms with Crippen molar-refractivity contribution in [1.82, 2.24) is 0 Å². The minimum absolute atomic E-state index is 0.00664. The lowest BCUT2D eigenvalue weighted by molar-refractivity contribution is -0.135. The first kappa shape index (κ1) is 20.5. The van der Waals surface area contributed by atoms with E-state index in [9.17, 15) is 27.2 Å². The van der Waals surface area contributed by atoms with Gasteiger partial charge in [0.25, 0.3) is 0 Å². The maximum absolute atomic E-state index is 13.7. The lowest BCUT2D eigenvalue weighted by atomic mass is 10.1. The van der Waals surface area contributed by atoms with E-state index < -0.39 is 35.3 Å². The molecule has 1 unspecified atom stereocenters. The molecule has 3 rings (SSSR count). The molecule has 1 heterocycles. The molecule has 0 spiro atoms. The monoisotopic (exact) mass is 423 g/mol. The van der Waals surface area contributed by atoms with E-state index in [2.05, 4.69) is 5.32 Å². The molecule has 0 aliphatic rings. The molecular weight excluding hydrogens is 410 g/mol. The zero-order chi connectivity index (χ0) is 21.1. The van der Waals surface area contributed by atoms with Gasteiger partial charge in [0, 0.05) is 24.7 Å². The molecule has 0 fully saturated rings. The van der Waals surface area contributed by atoms with Gasteiger partial charge in [-0.2, -0.15) is 0 Å². The molecule has 0 radical (unpaired) electrons. The number of ether oxygens (including phenoxy) is 1. The normalized spacial score (nSPS) is 11.8. The number of carbonyl (C=O) groups is 2. The van der Waals surface area contributed by atoms with Crippen molar-refractivity contribution in [2.75, 3.05) is 5.32 Å². The van der Waals surface area contributed by atoms with Crippen LogP contribution in [0.5, 0.6) is 5.75 Å². The molecule has 0 aliphatic carbocycles. The van der Waals surface area contributed by atoms with Crippen molar-refractivity contribution in [2.45, 2.75) is 13.0 Å². The van der Waals surface area contributed by atoms with E-state index in [0.717, 1.165) is 23.5 Å². The summed E-state index contributed by atoms with van der Waals surface area (Å²) in [5.74, 6) is -6.51. The highest BCUT2D eigenvalue weighted by Crippen LogP contribution is 2.29. The largest absolute Gasteiger partial charge is 0.423 e. The highest BCUT2D eigenvalue weighted by Gasteiger charge is 2.26. The summed E-state index contributed by atoms with van der Waals surface area (Å²) < 4.78 is 59.2. The highest BCUT2D eigenvalue weighted by atomic mass is 32.1. The van der Waals surface area contributed by atoms with Gasteiger partial charge in [0.1, 0.15) is 10.7 Å². The summed E-state index contributed by atoms with van der Waals surface area (Å²) in [4.78, 5) is 24.6. The average Bonchev–Trinajstić information content (AvgIpc) is 3.12. The number of benzene rings is 2. The molecule has 0 amide bonds. The number of hydrogen-bond donors (Lipinski definition) is 1. The standard InChI is InChI=1S/C20H13F4NO3S/c1-10(26)19-16(5-6-29-19)28-20(27)18(11-3-2-4-12(21)7-11)25-13-8-14(22)17(24)15(23)9-13/h2-9,18,25H,1H3. The van der Waals surface area contributed by atoms with Crippen molar-refractivity contribution in [3.05, 3.63) is 81.6 Å². The second kappa shape index (κ2) is 8.44. The van der Waals surface area contributed by atoms with Gasteiger partial charge in [0.2, 0.25) is 0 Å². The molecule has 150 valence electrons. The quantitative estimate of drug-likeness (QED) is 0.254. The summed E-state index contributed by atoms with van der Waals surface area (Å²) in [6, 6.07) is 6.26. The molecular formula is C20H13F4NO3S. The number of Topliss-reactive ketones (excluding diaryl/α,β-unsaturated/α-hetero) is 1. The van der Waals surface area contributed by atoms with Crippen LogP contribution in [0.1, 0.15) is 28.2 Å². The van der Waals surface area contributed by atoms with Crippen molar-refractivity contribution in [1.29, 1.82) is 0 Å². The van der Waals surface area contributed by atoms with Crippen LogP contribution in [0.2, 0.25) is 0 Å². The molecule has 9 heteroatoms. The summed E-state index contributed by atoms with van der Waals surface area (Å²) in [6.45, 7) is 1.30. The van der Waals surface area contributed by atoms with E-state index in [1.54, 1.807) is 5.38 Å². The first-order chi connectivity index (χ1) is 13.8. The zero-order valence-electron chi connectivity index (χ0n) is 14.8. The number of halogens is 4. The average molecular weight is 423 g/mol. The maximum Gasteiger partial charge on any atom is 0.338 e. The summed E-state index contributed by atoms with van der Waals surface area (Å²) in [7, 11) is 0. The third-order valence-electron chi connectivity index (χ3n) is 3.87. The Morgan fingerprint density at radius 2 is 1.72 bits per heavy atom. The van der Waals surface area contributed by atoms with Crippen LogP contribution in [0.3, 0.4) is 0 Å². The first-order valence-corrected chi connectivity index (χ1v) is 9.11. The smallest absolute Gasteiger partial charge is 0.338 e. The second-order valence-electron chi connectivity index (χ2n) is 5.98. The Morgan fingerprint density at radius 1 is 1.03 bits per heavy atom. The van der Waals surface area contributed by atoms with Crippen LogP contribution in [0, 0.1) is 23.3 Å². The predicted molar refractivity (Wildman–Crippen MR) is 99.0 cm³/mol. The van der Waals surface area contributed by atoms with Crippen LogP contribution in [0.4, 0.5) is 23.2 Å². The van der Waals surface area contributed by atoms with E-state index in [0.29, 0.717) is 12.1 Å².